The molecule has 0 aromatic carbocycles. The van der Waals surface area contributed by atoms with E-state index in [-0.39, 0.29) is 6.42 Å². The predicted molar refractivity (Wildman–Crippen MR) is 54.0 cm³/mol. The SMILES string of the molecule is O[C@@H]1[C@@H](NC2CCCC2)CCCC1(F)F. The maximum Gasteiger partial charge on any atom is 0.274 e. The summed E-state index contributed by atoms with van der Waals surface area (Å²) in [7, 11) is 0. The zero-order valence-electron chi connectivity index (χ0n) is 8.88. The van der Waals surface area contributed by atoms with Gasteiger partial charge in [-0.15, -0.1) is 0 Å². The summed E-state index contributed by atoms with van der Waals surface area (Å²) >= 11 is 0. The number of rotatable bonds is 2. The zero-order chi connectivity index (χ0) is 10.9. The molecule has 0 unspecified atom stereocenters. The molecule has 2 fully saturated rings. The summed E-state index contributed by atoms with van der Waals surface area (Å²) in [6.45, 7) is 0. The minimum absolute atomic E-state index is 0.170. The molecule has 2 aliphatic carbocycles. The van der Waals surface area contributed by atoms with E-state index in [1.807, 2.05) is 0 Å². The van der Waals surface area contributed by atoms with Crippen molar-refractivity contribution < 1.29 is 13.9 Å². The average Bonchev–Trinajstić information content (AvgIpc) is 2.65. The van der Waals surface area contributed by atoms with Crippen molar-refractivity contribution in [1.82, 2.24) is 5.32 Å². The third kappa shape index (κ3) is 2.48. The lowest BCUT2D eigenvalue weighted by Gasteiger charge is -2.36. The number of hydrogen-bond acceptors (Lipinski definition) is 2. The van der Waals surface area contributed by atoms with Crippen molar-refractivity contribution in [2.45, 2.75) is 69.1 Å². The first-order valence-electron chi connectivity index (χ1n) is 5.91. The Balaban J connectivity index is 1.90. The first-order chi connectivity index (χ1) is 7.09. The predicted octanol–water partition coefficient (Wildman–Crippen LogP) is 2.07. The summed E-state index contributed by atoms with van der Waals surface area (Å²) in [5.41, 5.74) is 0. The maximum absolute atomic E-state index is 13.2. The van der Waals surface area contributed by atoms with Crippen molar-refractivity contribution in [3.8, 4) is 0 Å². The number of nitrogens with one attached hydrogen (secondary N) is 1. The average molecular weight is 219 g/mol. The van der Waals surface area contributed by atoms with Gasteiger partial charge in [0.1, 0.15) is 6.10 Å². The topological polar surface area (TPSA) is 32.3 Å². The van der Waals surface area contributed by atoms with Gasteiger partial charge < -0.3 is 10.4 Å². The normalized spacial score (nSPS) is 37.0. The van der Waals surface area contributed by atoms with Crippen LogP contribution in [0.2, 0.25) is 0 Å². The van der Waals surface area contributed by atoms with Gasteiger partial charge in [-0.25, -0.2) is 8.78 Å². The number of aliphatic hydroxyl groups is 1. The number of halogens is 2. The van der Waals surface area contributed by atoms with Gasteiger partial charge in [-0.2, -0.15) is 0 Å². The first kappa shape index (κ1) is 11.3. The van der Waals surface area contributed by atoms with Gasteiger partial charge in [0.25, 0.3) is 5.92 Å². The number of alkyl halides is 2. The van der Waals surface area contributed by atoms with Crippen LogP contribution in [0.1, 0.15) is 44.9 Å². The molecular formula is C11H19F2NO. The van der Waals surface area contributed by atoms with Gasteiger partial charge in [0.05, 0.1) is 0 Å². The van der Waals surface area contributed by atoms with Crippen molar-refractivity contribution in [2.24, 2.45) is 0 Å². The molecule has 2 saturated carbocycles. The Morgan fingerprint density at radius 2 is 1.73 bits per heavy atom. The maximum atomic E-state index is 13.2. The quantitative estimate of drug-likeness (QED) is 0.745. The van der Waals surface area contributed by atoms with Gasteiger partial charge in [-0.1, -0.05) is 12.8 Å². The van der Waals surface area contributed by atoms with Crippen LogP contribution < -0.4 is 5.32 Å². The fourth-order valence-electron chi connectivity index (χ4n) is 2.73. The second kappa shape index (κ2) is 4.34. The molecule has 0 radical (unpaired) electrons. The zero-order valence-corrected chi connectivity index (χ0v) is 8.88. The molecule has 0 aliphatic heterocycles. The smallest absolute Gasteiger partial charge is 0.274 e. The van der Waals surface area contributed by atoms with E-state index in [4.69, 9.17) is 0 Å². The van der Waals surface area contributed by atoms with E-state index >= 15 is 0 Å². The number of hydrogen-bond donors (Lipinski definition) is 2. The van der Waals surface area contributed by atoms with Crippen LogP contribution in [-0.4, -0.2) is 29.2 Å². The lowest BCUT2D eigenvalue weighted by Crippen LogP contribution is -2.54. The lowest BCUT2D eigenvalue weighted by molar-refractivity contribution is -0.144. The molecule has 2 atom stereocenters. The molecule has 0 spiro atoms. The van der Waals surface area contributed by atoms with E-state index in [0.717, 1.165) is 12.8 Å². The van der Waals surface area contributed by atoms with Gasteiger partial charge in [0, 0.05) is 18.5 Å². The summed E-state index contributed by atoms with van der Waals surface area (Å²) in [4.78, 5) is 0. The second-order valence-corrected chi connectivity index (χ2v) is 4.85. The van der Waals surface area contributed by atoms with E-state index in [2.05, 4.69) is 5.32 Å². The second-order valence-electron chi connectivity index (χ2n) is 4.85. The molecule has 4 heteroatoms. The molecule has 0 heterocycles. The summed E-state index contributed by atoms with van der Waals surface area (Å²) in [6.07, 6.45) is 4.00. The summed E-state index contributed by atoms with van der Waals surface area (Å²) < 4.78 is 26.5. The van der Waals surface area contributed by atoms with Crippen LogP contribution in [0.5, 0.6) is 0 Å². The molecular weight excluding hydrogens is 200 g/mol. The van der Waals surface area contributed by atoms with Crippen LogP contribution in [-0.2, 0) is 0 Å². The molecule has 15 heavy (non-hydrogen) atoms. The van der Waals surface area contributed by atoms with Gasteiger partial charge in [-0.3, -0.25) is 0 Å². The summed E-state index contributed by atoms with van der Waals surface area (Å²) in [6, 6.07) is -0.0598. The molecule has 2 N–H and O–H groups in total. The minimum Gasteiger partial charge on any atom is -0.385 e. The third-order valence-electron chi connectivity index (χ3n) is 3.64. The van der Waals surface area contributed by atoms with E-state index in [9.17, 15) is 13.9 Å². The lowest BCUT2D eigenvalue weighted by atomic mass is 9.88. The fraction of sp³-hybridized carbons (Fsp3) is 1.00. The molecule has 2 rings (SSSR count). The molecule has 0 amide bonds. The highest BCUT2D eigenvalue weighted by atomic mass is 19.3. The standard InChI is InChI=1S/C11H19F2NO/c12-11(13)7-3-6-9(10(11)15)14-8-4-1-2-5-8/h8-10,14-15H,1-7H2/t9-,10+/m0/s1. The molecule has 2 aliphatic rings. The highest BCUT2D eigenvalue weighted by Gasteiger charge is 2.46. The molecule has 0 saturated heterocycles. The Morgan fingerprint density at radius 3 is 2.40 bits per heavy atom. The van der Waals surface area contributed by atoms with Crippen molar-refractivity contribution in [1.29, 1.82) is 0 Å². The highest BCUT2D eigenvalue weighted by Crippen LogP contribution is 2.34. The Labute approximate surface area is 89.1 Å². The molecule has 0 bridgehead atoms. The van der Waals surface area contributed by atoms with Crippen molar-refractivity contribution in [2.75, 3.05) is 0 Å². The van der Waals surface area contributed by atoms with E-state index in [1.165, 1.54) is 12.8 Å². The highest BCUT2D eigenvalue weighted by molar-refractivity contribution is 4.93. The van der Waals surface area contributed by atoms with E-state index < -0.39 is 18.1 Å². The van der Waals surface area contributed by atoms with Crippen LogP contribution >= 0.6 is 0 Å². The molecule has 0 aromatic heterocycles. The summed E-state index contributed by atoms with van der Waals surface area (Å²) in [5.74, 6) is -2.89. The summed E-state index contributed by atoms with van der Waals surface area (Å²) in [5, 5.41) is 12.7. The molecule has 0 aromatic rings. The van der Waals surface area contributed by atoms with Gasteiger partial charge in [0.15, 0.2) is 0 Å². The van der Waals surface area contributed by atoms with Gasteiger partial charge in [0.2, 0.25) is 0 Å². The molecule has 88 valence electrons. The Kier molecular flexibility index (Phi) is 3.26. The van der Waals surface area contributed by atoms with E-state index in [0.29, 0.717) is 18.9 Å². The monoisotopic (exact) mass is 219 g/mol. The Morgan fingerprint density at radius 1 is 1.07 bits per heavy atom. The first-order valence-corrected chi connectivity index (χ1v) is 5.91. The van der Waals surface area contributed by atoms with Gasteiger partial charge in [-0.05, 0) is 25.7 Å². The fourth-order valence-corrected chi connectivity index (χ4v) is 2.73. The van der Waals surface area contributed by atoms with Crippen molar-refractivity contribution in [3.05, 3.63) is 0 Å². The molecule has 2 nitrogen and oxygen atoms in total. The Bertz CT molecular complexity index is 217. The van der Waals surface area contributed by atoms with Crippen LogP contribution in [0.25, 0.3) is 0 Å². The number of aliphatic hydroxyl groups excluding tert-OH is 1. The van der Waals surface area contributed by atoms with Crippen LogP contribution in [0.15, 0.2) is 0 Å². The largest absolute Gasteiger partial charge is 0.385 e. The van der Waals surface area contributed by atoms with Crippen LogP contribution in [0, 0.1) is 0 Å². The Hall–Kier alpha value is -0.220. The van der Waals surface area contributed by atoms with Crippen LogP contribution in [0.3, 0.4) is 0 Å². The van der Waals surface area contributed by atoms with Crippen molar-refractivity contribution in [3.63, 3.8) is 0 Å². The van der Waals surface area contributed by atoms with E-state index in [1.54, 1.807) is 0 Å². The van der Waals surface area contributed by atoms with Crippen molar-refractivity contribution >= 4 is 0 Å². The van der Waals surface area contributed by atoms with Gasteiger partial charge >= 0.3 is 0 Å². The minimum atomic E-state index is -2.89. The van der Waals surface area contributed by atoms with Crippen LogP contribution in [0.4, 0.5) is 8.78 Å². The third-order valence-corrected chi connectivity index (χ3v) is 3.64.